The van der Waals surface area contributed by atoms with Gasteiger partial charge in [0.25, 0.3) is 5.91 Å². The Kier molecular flexibility index (Phi) is 3.19. The number of nitrogens with one attached hydrogen (secondary N) is 1. The Balaban J connectivity index is 1.83. The van der Waals surface area contributed by atoms with Crippen molar-refractivity contribution in [2.75, 3.05) is 13.1 Å². The molecule has 22 heavy (non-hydrogen) atoms. The number of nitrogens with zero attached hydrogens (tertiary/aromatic N) is 1. The number of amides is 1. The van der Waals surface area contributed by atoms with Crippen molar-refractivity contribution in [1.82, 2.24) is 9.88 Å². The minimum Gasteiger partial charge on any atom is -0.366 e. The van der Waals surface area contributed by atoms with Gasteiger partial charge >= 0.3 is 0 Å². The Hall–Kier alpha value is -2.55. The van der Waals surface area contributed by atoms with E-state index in [1.807, 2.05) is 29.4 Å². The highest BCUT2D eigenvalue weighted by atomic mass is 16.2. The molecule has 1 saturated heterocycles. The number of carbonyl (C=O) groups excluding carboxylic acids is 1. The van der Waals surface area contributed by atoms with Crippen molar-refractivity contribution < 1.29 is 4.79 Å². The van der Waals surface area contributed by atoms with Gasteiger partial charge in [-0.15, -0.1) is 0 Å². The monoisotopic (exact) mass is 290 g/mol. The first-order chi connectivity index (χ1) is 10.8. The van der Waals surface area contributed by atoms with E-state index in [0.717, 1.165) is 42.6 Å². The highest BCUT2D eigenvalue weighted by Crippen LogP contribution is 2.31. The van der Waals surface area contributed by atoms with E-state index >= 15 is 0 Å². The van der Waals surface area contributed by atoms with E-state index in [9.17, 15) is 4.79 Å². The van der Waals surface area contributed by atoms with Crippen LogP contribution in [0.3, 0.4) is 0 Å². The van der Waals surface area contributed by atoms with Crippen molar-refractivity contribution in [3.8, 4) is 11.1 Å². The molecule has 0 radical (unpaired) electrons. The van der Waals surface area contributed by atoms with Gasteiger partial charge in [-0.05, 0) is 29.2 Å². The number of hydrogen-bond donors (Lipinski definition) is 1. The smallest absolute Gasteiger partial charge is 0.256 e. The van der Waals surface area contributed by atoms with Gasteiger partial charge in [-0.2, -0.15) is 0 Å². The summed E-state index contributed by atoms with van der Waals surface area (Å²) in [6, 6.07) is 14.5. The second-order valence-electron chi connectivity index (χ2n) is 5.81. The molecule has 0 spiro atoms. The van der Waals surface area contributed by atoms with Crippen molar-refractivity contribution in [3.63, 3.8) is 0 Å². The largest absolute Gasteiger partial charge is 0.366 e. The standard InChI is InChI=1S/C19H18N2O/c22-19(21-10-3-4-11-21)18-13-20-12-17(18)16-9-5-7-14-6-1-2-8-15(14)16/h1-2,5-9,12-13,20H,3-4,10-11H2. The molecule has 3 heteroatoms. The molecule has 3 aromatic rings. The lowest BCUT2D eigenvalue weighted by atomic mass is 9.97. The highest BCUT2D eigenvalue weighted by molar-refractivity contribution is 6.05. The predicted octanol–water partition coefficient (Wildman–Crippen LogP) is 4.07. The topological polar surface area (TPSA) is 36.1 Å². The summed E-state index contributed by atoms with van der Waals surface area (Å²) in [4.78, 5) is 17.8. The maximum atomic E-state index is 12.7. The van der Waals surface area contributed by atoms with Gasteiger partial charge in [0, 0.05) is 31.0 Å². The molecule has 1 aromatic heterocycles. The molecule has 1 aliphatic heterocycles. The Morgan fingerprint density at radius 2 is 1.68 bits per heavy atom. The van der Waals surface area contributed by atoms with Gasteiger partial charge in [0.15, 0.2) is 0 Å². The molecule has 2 heterocycles. The summed E-state index contributed by atoms with van der Waals surface area (Å²) < 4.78 is 0. The fraction of sp³-hybridized carbons (Fsp3) is 0.211. The van der Waals surface area contributed by atoms with Crippen molar-refractivity contribution in [1.29, 1.82) is 0 Å². The summed E-state index contributed by atoms with van der Waals surface area (Å²) >= 11 is 0. The number of aromatic amines is 1. The molecular weight excluding hydrogens is 272 g/mol. The van der Waals surface area contributed by atoms with Gasteiger partial charge in [0.1, 0.15) is 0 Å². The van der Waals surface area contributed by atoms with Gasteiger partial charge in [0.2, 0.25) is 0 Å². The number of H-pyrrole nitrogens is 1. The first-order valence-electron chi connectivity index (χ1n) is 7.79. The van der Waals surface area contributed by atoms with Crippen LogP contribution in [0.5, 0.6) is 0 Å². The van der Waals surface area contributed by atoms with Crippen LogP contribution in [0.15, 0.2) is 54.9 Å². The number of fused-ring (bicyclic) bond motifs is 1. The third-order valence-electron chi connectivity index (χ3n) is 4.45. The fourth-order valence-corrected chi connectivity index (χ4v) is 3.31. The Morgan fingerprint density at radius 1 is 0.909 bits per heavy atom. The van der Waals surface area contributed by atoms with Crippen molar-refractivity contribution >= 4 is 16.7 Å². The van der Waals surface area contributed by atoms with Crippen LogP contribution in [-0.4, -0.2) is 28.9 Å². The molecule has 0 bridgehead atoms. The van der Waals surface area contributed by atoms with Gasteiger partial charge in [0.05, 0.1) is 5.56 Å². The third kappa shape index (κ3) is 2.10. The second kappa shape index (κ2) is 5.34. The average molecular weight is 290 g/mol. The molecule has 4 rings (SSSR count). The second-order valence-corrected chi connectivity index (χ2v) is 5.81. The van der Waals surface area contributed by atoms with Gasteiger partial charge in [-0.1, -0.05) is 42.5 Å². The fourth-order valence-electron chi connectivity index (χ4n) is 3.31. The SMILES string of the molecule is O=C(c1c[nH]cc1-c1cccc2ccccc12)N1CCCC1. The Labute approximate surface area is 129 Å². The van der Waals surface area contributed by atoms with Crippen LogP contribution in [-0.2, 0) is 0 Å². The van der Waals surface area contributed by atoms with Crippen LogP contribution < -0.4 is 0 Å². The van der Waals surface area contributed by atoms with Crippen LogP contribution in [0.25, 0.3) is 21.9 Å². The molecule has 0 saturated carbocycles. The summed E-state index contributed by atoms with van der Waals surface area (Å²) in [5, 5.41) is 2.38. The minimum atomic E-state index is 0.140. The first-order valence-corrected chi connectivity index (χ1v) is 7.79. The van der Waals surface area contributed by atoms with E-state index in [4.69, 9.17) is 0 Å². The van der Waals surface area contributed by atoms with E-state index in [1.165, 1.54) is 10.8 Å². The van der Waals surface area contributed by atoms with E-state index in [0.29, 0.717) is 0 Å². The molecule has 3 nitrogen and oxygen atoms in total. The molecule has 1 aliphatic rings. The zero-order valence-corrected chi connectivity index (χ0v) is 12.4. The zero-order valence-electron chi connectivity index (χ0n) is 12.4. The molecule has 1 fully saturated rings. The summed E-state index contributed by atoms with van der Waals surface area (Å²) in [5.74, 6) is 0.140. The summed E-state index contributed by atoms with van der Waals surface area (Å²) in [7, 11) is 0. The quantitative estimate of drug-likeness (QED) is 0.758. The molecule has 2 aromatic carbocycles. The van der Waals surface area contributed by atoms with Crippen LogP contribution in [0.4, 0.5) is 0 Å². The first kappa shape index (κ1) is 13.1. The maximum absolute atomic E-state index is 12.7. The number of aromatic nitrogens is 1. The van der Waals surface area contributed by atoms with Crippen molar-refractivity contribution in [3.05, 3.63) is 60.4 Å². The molecule has 0 unspecified atom stereocenters. The molecule has 110 valence electrons. The number of benzene rings is 2. The van der Waals surface area contributed by atoms with Crippen LogP contribution in [0.1, 0.15) is 23.2 Å². The van der Waals surface area contributed by atoms with E-state index in [-0.39, 0.29) is 5.91 Å². The van der Waals surface area contributed by atoms with Gasteiger partial charge < -0.3 is 9.88 Å². The number of rotatable bonds is 2. The predicted molar refractivity (Wildman–Crippen MR) is 88.9 cm³/mol. The summed E-state index contributed by atoms with van der Waals surface area (Å²) in [6.07, 6.45) is 5.99. The maximum Gasteiger partial charge on any atom is 0.256 e. The lowest BCUT2D eigenvalue weighted by molar-refractivity contribution is 0.0794. The summed E-state index contributed by atoms with van der Waals surface area (Å²) in [6.45, 7) is 1.75. The number of likely N-dealkylation sites (tertiary alicyclic amines) is 1. The number of hydrogen-bond acceptors (Lipinski definition) is 1. The van der Waals surface area contributed by atoms with Gasteiger partial charge in [-0.25, -0.2) is 0 Å². The third-order valence-corrected chi connectivity index (χ3v) is 4.45. The molecule has 1 N–H and O–H groups in total. The zero-order chi connectivity index (χ0) is 14.9. The van der Waals surface area contributed by atoms with Crippen molar-refractivity contribution in [2.24, 2.45) is 0 Å². The lowest BCUT2D eigenvalue weighted by Crippen LogP contribution is -2.27. The Bertz CT molecular complexity index is 823. The van der Waals surface area contributed by atoms with E-state index in [1.54, 1.807) is 0 Å². The number of carbonyl (C=O) groups is 1. The van der Waals surface area contributed by atoms with Gasteiger partial charge in [-0.3, -0.25) is 4.79 Å². The molecule has 0 atom stereocenters. The normalized spacial score (nSPS) is 14.6. The lowest BCUT2D eigenvalue weighted by Gasteiger charge is -2.16. The minimum absolute atomic E-state index is 0.140. The summed E-state index contributed by atoms with van der Waals surface area (Å²) in [5.41, 5.74) is 2.88. The highest BCUT2D eigenvalue weighted by Gasteiger charge is 2.23. The van der Waals surface area contributed by atoms with E-state index in [2.05, 4.69) is 35.3 Å². The molecule has 1 amide bonds. The average Bonchev–Trinajstić information content (AvgIpc) is 3.25. The molecular formula is C19H18N2O. The van der Waals surface area contributed by atoms with Crippen LogP contribution in [0.2, 0.25) is 0 Å². The van der Waals surface area contributed by atoms with Crippen LogP contribution in [0, 0.1) is 0 Å². The molecule has 0 aliphatic carbocycles. The Morgan fingerprint density at radius 3 is 2.55 bits per heavy atom. The van der Waals surface area contributed by atoms with E-state index < -0.39 is 0 Å². The van der Waals surface area contributed by atoms with Crippen LogP contribution >= 0.6 is 0 Å². The van der Waals surface area contributed by atoms with Crippen molar-refractivity contribution in [2.45, 2.75) is 12.8 Å².